The Balaban J connectivity index is 1.39. The van der Waals surface area contributed by atoms with Crippen LogP contribution in [-0.4, -0.2) is 0 Å². The van der Waals surface area contributed by atoms with E-state index in [9.17, 15) is 0 Å². The molecule has 5 aromatic carbocycles. The number of hydrogen-bond donors (Lipinski definition) is 4. The molecule has 4 N–H and O–H groups in total. The minimum absolute atomic E-state index is 0.200. The molecule has 5 aromatic rings. The lowest BCUT2D eigenvalue weighted by molar-refractivity contribution is 0.555. The van der Waals surface area contributed by atoms with Gasteiger partial charge in [0.2, 0.25) is 0 Å². The van der Waals surface area contributed by atoms with Gasteiger partial charge >= 0.3 is 0 Å². The van der Waals surface area contributed by atoms with Gasteiger partial charge in [-0.05, 0) is 48.7 Å². The first-order valence-corrected chi connectivity index (χ1v) is 16.7. The Labute approximate surface area is 238 Å². The van der Waals surface area contributed by atoms with Crippen LogP contribution in [0.25, 0.3) is 0 Å². The molecule has 0 aliphatic carbocycles. The quantitative estimate of drug-likeness (QED) is 0.171. The fourth-order valence-electron chi connectivity index (χ4n) is 5.87. The van der Waals surface area contributed by atoms with Gasteiger partial charge in [0.05, 0.1) is 23.1 Å². The van der Waals surface area contributed by atoms with E-state index >= 15 is 0 Å². The summed E-state index contributed by atoms with van der Waals surface area (Å²) in [6.45, 7) is 0. The van der Waals surface area contributed by atoms with E-state index in [2.05, 4.69) is 167 Å². The van der Waals surface area contributed by atoms with Crippen molar-refractivity contribution in [1.82, 2.24) is 21.7 Å². The normalized spacial score (nSPS) is 24.8. The van der Waals surface area contributed by atoms with Crippen LogP contribution in [0.5, 0.6) is 0 Å². The maximum atomic E-state index is 3.73. The third-order valence-electron chi connectivity index (χ3n) is 7.73. The predicted octanol–water partition coefficient (Wildman–Crippen LogP) is 6.91. The third-order valence-corrected chi connectivity index (χ3v) is 13.7. The lowest BCUT2D eigenvalue weighted by Crippen LogP contribution is -2.27. The predicted molar refractivity (Wildman–Crippen MR) is 169 cm³/mol. The zero-order valence-electron chi connectivity index (χ0n) is 22.1. The molecule has 40 heavy (non-hydrogen) atoms. The molecule has 5 atom stereocenters. The SMILES string of the molecule is c1ccc([C@H]2NN[C@H](c3ccccc3)P2c2ccccc2[P@@]2[C@@H](c3ccccc3)NN[C@H]2c2ccccc2)cc1. The van der Waals surface area contributed by atoms with Crippen LogP contribution in [0, 0.1) is 0 Å². The molecule has 2 saturated heterocycles. The Morgan fingerprint density at radius 1 is 0.300 bits per heavy atom. The van der Waals surface area contributed by atoms with Crippen molar-refractivity contribution in [1.29, 1.82) is 0 Å². The first-order valence-electron chi connectivity index (χ1n) is 13.8. The van der Waals surface area contributed by atoms with Crippen molar-refractivity contribution < 1.29 is 0 Å². The van der Waals surface area contributed by atoms with Gasteiger partial charge in [-0.25, -0.2) is 21.7 Å². The molecule has 4 nitrogen and oxygen atoms in total. The second kappa shape index (κ2) is 11.7. The van der Waals surface area contributed by atoms with Gasteiger partial charge < -0.3 is 0 Å². The highest BCUT2D eigenvalue weighted by Gasteiger charge is 2.44. The molecule has 0 amide bonds. The Bertz CT molecular complexity index is 1320. The Hall–Kier alpha value is -3.20. The van der Waals surface area contributed by atoms with Crippen molar-refractivity contribution in [3.05, 3.63) is 168 Å². The fourth-order valence-corrected chi connectivity index (χ4v) is 12.3. The van der Waals surface area contributed by atoms with Crippen molar-refractivity contribution >= 4 is 26.5 Å². The van der Waals surface area contributed by atoms with Crippen molar-refractivity contribution in [2.75, 3.05) is 0 Å². The van der Waals surface area contributed by atoms with Gasteiger partial charge in [-0.2, -0.15) is 0 Å². The molecule has 7 rings (SSSR count). The summed E-state index contributed by atoms with van der Waals surface area (Å²) >= 11 is 0. The zero-order chi connectivity index (χ0) is 26.7. The van der Waals surface area contributed by atoms with E-state index in [1.54, 1.807) is 0 Å². The lowest BCUT2D eigenvalue weighted by Gasteiger charge is -2.32. The van der Waals surface area contributed by atoms with Crippen molar-refractivity contribution in [3.8, 4) is 0 Å². The van der Waals surface area contributed by atoms with E-state index in [4.69, 9.17) is 0 Å². The van der Waals surface area contributed by atoms with Crippen molar-refractivity contribution in [2.24, 2.45) is 0 Å². The molecule has 0 saturated carbocycles. The average Bonchev–Trinajstić information content (AvgIpc) is 3.68. The van der Waals surface area contributed by atoms with Gasteiger partial charge in [0, 0.05) is 0 Å². The second-order valence-corrected chi connectivity index (χ2v) is 14.8. The van der Waals surface area contributed by atoms with E-state index in [1.165, 1.54) is 32.9 Å². The summed E-state index contributed by atoms with van der Waals surface area (Å²) in [6, 6.07) is 52.9. The average molecular weight is 559 g/mol. The standard InChI is InChI=1S/C34H32N4P2/c1-5-15-25(16-6-1)31-35-36-32(26-17-7-2-8-18-26)39(31)29-23-13-14-24-30(29)40-33(27-19-9-3-10-20-27)37-38-34(40)28-21-11-4-12-22-28/h1-24,31-38H/t31-,32-,33-,34+,40-/m0/s1. The number of rotatable bonds is 6. The van der Waals surface area contributed by atoms with Gasteiger partial charge in [0.25, 0.3) is 0 Å². The van der Waals surface area contributed by atoms with E-state index < -0.39 is 15.8 Å². The highest BCUT2D eigenvalue weighted by Crippen LogP contribution is 2.65. The second-order valence-electron chi connectivity index (χ2n) is 10.1. The van der Waals surface area contributed by atoms with Crippen LogP contribution in [0.3, 0.4) is 0 Å². The molecule has 2 aliphatic heterocycles. The number of hydrogen-bond acceptors (Lipinski definition) is 4. The Kier molecular flexibility index (Phi) is 7.55. The molecule has 0 unspecified atom stereocenters. The van der Waals surface area contributed by atoms with Gasteiger partial charge in [-0.15, -0.1) is 0 Å². The van der Waals surface area contributed by atoms with Crippen LogP contribution in [0.1, 0.15) is 45.4 Å². The minimum atomic E-state index is -0.694. The largest absolute Gasteiger partial charge is 0.245 e. The van der Waals surface area contributed by atoms with Crippen LogP contribution < -0.4 is 32.3 Å². The maximum Gasteiger partial charge on any atom is 0.0718 e. The molecule has 2 aliphatic rings. The van der Waals surface area contributed by atoms with E-state index in [0.717, 1.165) is 0 Å². The van der Waals surface area contributed by atoms with Crippen LogP contribution in [-0.2, 0) is 0 Å². The smallest absolute Gasteiger partial charge is 0.0718 e. The summed E-state index contributed by atoms with van der Waals surface area (Å²) in [5, 5.41) is 2.94. The van der Waals surface area contributed by atoms with E-state index in [1.807, 2.05) is 0 Å². The topological polar surface area (TPSA) is 48.1 Å². The van der Waals surface area contributed by atoms with Crippen molar-refractivity contribution in [3.63, 3.8) is 0 Å². The Morgan fingerprint density at radius 2 is 0.525 bits per heavy atom. The summed E-state index contributed by atoms with van der Waals surface area (Å²) in [4.78, 5) is 0. The van der Waals surface area contributed by atoms with E-state index in [-0.39, 0.29) is 23.1 Å². The monoisotopic (exact) mass is 558 g/mol. The Morgan fingerprint density at radius 3 is 0.775 bits per heavy atom. The first-order chi connectivity index (χ1) is 19.9. The summed E-state index contributed by atoms with van der Waals surface area (Å²) < 4.78 is 0. The molecular weight excluding hydrogens is 526 g/mol. The van der Waals surface area contributed by atoms with Gasteiger partial charge in [0.1, 0.15) is 0 Å². The summed E-state index contributed by atoms with van der Waals surface area (Å²) in [5.74, 6) is 0.802. The summed E-state index contributed by atoms with van der Waals surface area (Å²) in [7, 11) is -1.39. The van der Waals surface area contributed by atoms with Gasteiger partial charge in [-0.3, -0.25) is 0 Å². The van der Waals surface area contributed by atoms with Gasteiger partial charge in [-0.1, -0.05) is 146 Å². The van der Waals surface area contributed by atoms with Crippen LogP contribution in [0.4, 0.5) is 0 Å². The van der Waals surface area contributed by atoms with Crippen molar-refractivity contribution in [2.45, 2.75) is 23.1 Å². The molecular formula is C34H32N4P2. The molecule has 2 heterocycles. The molecule has 2 fully saturated rings. The summed E-state index contributed by atoms with van der Waals surface area (Å²) in [6.07, 6.45) is 0. The first kappa shape index (κ1) is 25.7. The fraction of sp³-hybridized carbons (Fsp3) is 0.118. The van der Waals surface area contributed by atoms with Crippen LogP contribution in [0.15, 0.2) is 146 Å². The maximum absolute atomic E-state index is 3.73. The highest BCUT2D eigenvalue weighted by molar-refractivity contribution is 7.72. The highest BCUT2D eigenvalue weighted by atomic mass is 31.1. The summed E-state index contributed by atoms with van der Waals surface area (Å²) in [5.41, 5.74) is 20.2. The molecule has 6 heteroatoms. The number of hydrazine groups is 2. The number of nitrogens with one attached hydrogen (secondary N) is 4. The lowest BCUT2D eigenvalue weighted by atomic mass is 10.2. The molecule has 0 spiro atoms. The van der Waals surface area contributed by atoms with Crippen LogP contribution >= 0.6 is 15.8 Å². The molecule has 0 radical (unpaired) electrons. The molecule has 0 bridgehead atoms. The minimum Gasteiger partial charge on any atom is -0.245 e. The molecule has 0 aromatic heterocycles. The third kappa shape index (κ3) is 4.93. The molecule has 198 valence electrons. The zero-order valence-corrected chi connectivity index (χ0v) is 23.8. The van der Waals surface area contributed by atoms with Crippen LogP contribution in [0.2, 0.25) is 0 Å². The number of benzene rings is 5. The van der Waals surface area contributed by atoms with E-state index in [0.29, 0.717) is 0 Å². The van der Waals surface area contributed by atoms with Gasteiger partial charge in [0.15, 0.2) is 0 Å².